The van der Waals surface area contributed by atoms with Crippen molar-refractivity contribution < 1.29 is 30.7 Å². The molecule has 19 heavy (non-hydrogen) atoms. The molecule has 1 aromatic rings. The van der Waals surface area contributed by atoms with E-state index >= 15 is 0 Å². The summed E-state index contributed by atoms with van der Waals surface area (Å²) in [6, 6.07) is 4.61. The zero-order valence-corrected chi connectivity index (χ0v) is 10.2. The summed E-state index contributed by atoms with van der Waals surface area (Å²) in [6.07, 6.45) is -6.31. The molecule has 9 heteroatoms. The Labute approximate surface area is 108 Å². The SMILES string of the molecule is CNc1ccc(SC(F)(F)C(F)(F)C(F)(F)F)cc1. The topological polar surface area (TPSA) is 12.0 Å². The fourth-order valence-electron chi connectivity index (χ4n) is 1.07. The lowest BCUT2D eigenvalue weighted by atomic mass is 10.3. The van der Waals surface area contributed by atoms with Crippen LogP contribution < -0.4 is 5.32 Å². The van der Waals surface area contributed by atoms with Gasteiger partial charge in [-0.25, -0.2) is 0 Å². The summed E-state index contributed by atoms with van der Waals surface area (Å²) in [5, 5.41) is -2.64. The van der Waals surface area contributed by atoms with Gasteiger partial charge in [0.15, 0.2) is 0 Å². The molecule has 0 saturated carbocycles. The highest BCUT2D eigenvalue weighted by Crippen LogP contribution is 2.53. The van der Waals surface area contributed by atoms with Crippen molar-refractivity contribution in [3.63, 3.8) is 0 Å². The van der Waals surface area contributed by atoms with Gasteiger partial charge in [-0.1, -0.05) is 0 Å². The maximum atomic E-state index is 13.0. The van der Waals surface area contributed by atoms with E-state index in [1.54, 1.807) is 0 Å². The Balaban J connectivity index is 2.95. The van der Waals surface area contributed by atoms with Gasteiger partial charge in [-0.2, -0.15) is 30.7 Å². The van der Waals surface area contributed by atoms with Gasteiger partial charge in [-0.3, -0.25) is 0 Å². The molecule has 0 unspecified atom stereocenters. The molecule has 0 amide bonds. The van der Waals surface area contributed by atoms with E-state index in [9.17, 15) is 30.7 Å². The Bertz CT molecular complexity index is 426. The number of alkyl halides is 7. The molecule has 1 rings (SSSR count). The first-order valence-electron chi connectivity index (χ1n) is 4.80. The van der Waals surface area contributed by atoms with Crippen LogP contribution in [0.3, 0.4) is 0 Å². The van der Waals surface area contributed by atoms with Crippen LogP contribution in [0, 0.1) is 0 Å². The third-order valence-electron chi connectivity index (χ3n) is 2.11. The second-order valence-electron chi connectivity index (χ2n) is 3.47. The Hall–Kier alpha value is -1.12. The third kappa shape index (κ3) is 3.26. The smallest absolute Gasteiger partial charge is 0.388 e. The average molecular weight is 307 g/mol. The van der Waals surface area contributed by atoms with E-state index in [4.69, 9.17) is 0 Å². The summed E-state index contributed by atoms with van der Waals surface area (Å²) in [4.78, 5) is -0.395. The zero-order chi connectivity index (χ0) is 14.9. The van der Waals surface area contributed by atoms with Gasteiger partial charge in [0.1, 0.15) is 0 Å². The van der Waals surface area contributed by atoms with Crippen LogP contribution >= 0.6 is 11.8 Å². The molecule has 0 saturated heterocycles. The molecule has 0 radical (unpaired) electrons. The van der Waals surface area contributed by atoms with Gasteiger partial charge in [0.25, 0.3) is 0 Å². The lowest BCUT2D eigenvalue weighted by molar-refractivity contribution is -0.330. The van der Waals surface area contributed by atoms with E-state index in [2.05, 4.69) is 5.32 Å². The van der Waals surface area contributed by atoms with Crippen LogP contribution in [0.4, 0.5) is 36.4 Å². The second-order valence-corrected chi connectivity index (χ2v) is 4.65. The van der Waals surface area contributed by atoms with Gasteiger partial charge in [-0.05, 0) is 36.0 Å². The van der Waals surface area contributed by atoms with Crippen LogP contribution in [0.25, 0.3) is 0 Å². The predicted molar refractivity (Wildman–Crippen MR) is 57.8 cm³/mol. The van der Waals surface area contributed by atoms with Gasteiger partial charge in [-0.15, -0.1) is 0 Å². The van der Waals surface area contributed by atoms with Crippen LogP contribution in [-0.2, 0) is 0 Å². The summed E-state index contributed by atoms with van der Waals surface area (Å²) >= 11 is -0.832. The van der Waals surface area contributed by atoms with Crippen LogP contribution in [0.2, 0.25) is 0 Å². The number of hydrogen-bond donors (Lipinski definition) is 1. The van der Waals surface area contributed by atoms with E-state index in [1.165, 1.54) is 19.2 Å². The number of benzene rings is 1. The van der Waals surface area contributed by atoms with E-state index in [0.717, 1.165) is 12.1 Å². The summed E-state index contributed by atoms with van der Waals surface area (Å²) in [5.41, 5.74) is 0.509. The minimum absolute atomic E-state index is 0.395. The maximum Gasteiger partial charge on any atom is 0.460 e. The summed E-state index contributed by atoms with van der Waals surface area (Å²) < 4.78 is 87.0. The van der Waals surface area contributed by atoms with Crippen molar-refractivity contribution in [1.82, 2.24) is 0 Å². The molecule has 0 heterocycles. The van der Waals surface area contributed by atoms with Crippen molar-refractivity contribution in [2.45, 2.75) is 22.2 Å². The Kier molecular flexibility index (Phi) is 4.28. The van der Waals surface area contributed by atoms with Crippen LogP contribution in [0.15, 0.2) is 29.2 Å². The summed E-state index contributed by atoms with van der Waals surface area (Å²) in [7, 11) is 1.54. The Morgan fingerprint density at radius 1 is 0.895 bits per heavy atom. The Morgan fingerprint density at radius 3 is 1.74 bits per heavy atom. The number of rotatable bonds is 4. The molecule has 1 N–H and O–H groups in total. The number of hydrogen-bond acceptors (Lipinski definition) is 2. The highest BCUT2D eigenvalue weighted by Gasteiger charge is 2.73. The molecular weight excluding hydrogens is 299 g/mol. The number of thioether (sulfide) groups is 1. The minimum atomic E-state index is -6.31. The van der Waals surface area contributed by atoms with Gasteiger partial charge < -0.3 is 5.32 Å². The molecule has 1 aromatic carbocycles. The molecule has 0 aliphatic rings. The second kappa shape index (κ2) is 5.10. The van der Waals surface area contributed by atoms with Gasteiger partial charge >= 0.3 is 17.4 Å². The number of nitrogens with one attached hydrogen (secondary N) is 1. The van der Waals surface area contributed by atoms with Crippen LogP contribution in [0.5, 0.6) is 0 Å². The standard InChI is InChI=1S/C10H8F7NS/c1-18-6-2-4-7(5-3-6)19-10(16,17)8(11,12)9(13,14)15/h2-5,18H,1H3. The molecule has 1 nitrogen and oxygen atoms in total. The van der Waals surface area contributed by atoms with E-state index < -0.39 is 34.0 Å². The average Bonchev–Trinajstić information content (AvgIpc) is 2.28. The third-order valence-corrected chi connectivity index (χ3v) is 3.13. The van der Waals surface area contributed by atoms with Gasteiger partial charge in [0, 0.05) is 17.6 Å². The van der Waals surface area contributed by atoms with Gasteiger partial charge in [0.2, 0.25) is 0 Å². The molecule has 108 valence electrons. The van der Waals surface area contributed by atoms with Crippen molar-refractivity contribution in [2.75, 3.05) is 12.4 Å². The quantitative estimate of drug-likeness (QED) is 0.644. The molecule has 0 fully saturated rings. The van der Waals surface area contributed by atoms with E-state index in [1.807, 2.05) is 0 Å². The van der Waals surface area contributed by atoms with Crippen molar-refractivity contribution in [1.29, 1.82) is 0 Å². The lowest BCUT2D eigenvalue weighted by Crippen LogP contribution is -2.49. The first-order chi connectivity index (χ1) is 8.51. The van der Waals surface area contributed by atoms with Crippen molar-refractivity contribution in [3.8, 4) is 0 Å². The van der Waals surface area contributed by atoms with Crippen molar-refractivity contribution in [2.24, 2.45) is 0 Å². The lowest BCUT2D eigenvalue weighted by Gasteiger charge is -2.27. The van der Waals surface area contributed by atoms with Gasteiger partial charge in [0.05, 0.1) is 0 Å². The molecule has 0 spiro atoms. The normalized spacial score (nSPS) is 13.5. The molecule has 0 aromatic heterocycles. The molecule has 0 aliphatic carbocycles. The zero-order valence-electron chi connectivity index (χ0n) is 9.36. The largest absolute Gasteiger partial charge is 0.460 e. The molecular formula is C10H8F7NS. The minimum Gasteiger partial charge on any atom is -0.388 e. The highest BCUT2D eigenvalue weighted by molar-refractivity contribution is 8.00. The Morgan fingerprint density at radius 2 is 1.37 bits per heavy atom. The fourth-order valence-corrected chi connectivity index (χ4v) is 1.88. The molecule has 0 aliphatic heterocycles. The van der Waals surface area contributed by atoms with Crippen molar-refractivity contribution in [3.05, 3.63) is 24.3 Å². The summed E-state index contributed by atoms with van der Waals surface area (Å²) in [5.74, 6) is -6.10. The number of anilines is 1. The first-order valence-corrected chi connectivity index (χ1v) is 5.62. The first kappa shape index (κ1) is 15.9. The molecule has 0 atom stereocenters. The fraction of sp³-hybridized carbons (Fsp3) is 0.400. The van der Waals surface area contributed by atoms with E-state index in [0.29, 0.717) is 5.69 Å². The monoisotopic (exact) mass is 307 g/mol. The van der Waals surface area contributed by atoms with Crippen molar-refractivity contribution >= 4 is 17.4 Å². The van der Waals surface area contributed by atoms with Crippen LogP contribution in [0.1, 0.15) is 0 Å². The molecule has 0 bridgehead atoms. The van der Waals surface area contributed by atoms with Crippen LogP contribution in [-0.4, -0.2) is 24.4 Å². The number of halogens is 7. The van der Waals surface area contributed by atoms with E-state index in [-0.39, 0.29) is 0 Å². The summed E-state index contributed by atoms with van der Waals surface area (Å²) in [6.45, 7) is 0. The highest BCUT2D eigenvalue weighted by atomic mass is 32.2. The predicted octanol–water partition coefficient (Wildman–Crippen LogP) is 4.61. The maximum absolute atomic E-state index is 13.0.